The fourth-order valence-corrected chi connectivity index (χ4v) is 4.72. The summed E-state index contributed by atoms with van der Waals surface area (Å²) in [5, 5.41) is 7.00. The Labute approximate surface area is 180 Å². The van der Waals surface area contributed by atoms with Gasteiger partial charge in [-0.05, 0) is 35.9 Å². The quantitative estimate of drug-likeness (QED) is 0.620. The lowest BCUT2D eigenvalue weighted by Crippen LogP contribution is -2.40. The van der Waals surface area contributed by atoms with Crippen LogP contribution in [0, 0.1) is 0 Å². The molecule has 0 atom stereocenters. The molecule has 0 spiro atoms. The van der Waals surface area contributed by atoms with Crippen molar-refractivity contribution in [1.29, 1.82) is 0 Å². The highest BCUT2D eigenvalue weighted by molar-refractivity contribution is 7.89. The molecule has 3 heterocycles. The Hall–Kier alpha value is -3.08. The monoisotopic (exact) mass is 441 g/mol. The van der Waals surface area contributed by atoms with Crippen LogP contribution in [0.5, 0.6) is 0 Å². The van der Waals surface area contributed by atoms with Gasteiger partial charge in [0.15, 0.2) is 0 Å². The number of pyridine rings is 1. The molecule has 0 unspecified atom stereocenters. The molecule has 4 rings (SSSR count). The van der Waals surface area contributed by atoms with E-state index in [0.29, 0.717) is 38.4 Å². The van der Waals surface area contributed by atoms with Gasteiger partial charge >= 0.3 is 0 Å². The first-order valence-electron chi connectivity index (χ1n) is 9.82. The van der Waals surface area contributed by atoms with Crippen LogP contribution in [0.1, 0.15) is 15.9 Å². The van der Waals surface area contributed by atoms with Gasteiger partial charge in [0.2, 0.25) is 10.0 Å². The number of rotatable bonds is 6. The van der Waals surface area contributed by atoms with Crippen molar-refractivity contribution in [2.24, 2.45) is 7.05 Å². The molecular weight excluding hydrogens is 418 g/mol. The molecule has 0 saturated carbocycles. The molecule has 3 aromatic rings. The van der Waals surface area contributed by atoms with E-state index in [1.807, 2.05) is 19.3 Å². The van der Waals surface area contributed by atoms with Crippen molar-refractivity contribution in [2.75, 3.05) is 26.3 Å². The van der Waals surface area contributed by atoms with Crippen LogP contribution in [0.25, 0.3) is 11.1 Å². The van der Waals surface area contributed by atoms with E-state index < -0.39 is 10.0 Å². The average Bonchev–Trinajstić information content (AvgIpc) is 3.25. The minimum absolute atomic E-state index is 0.166. The van der Waals surface area contributed by atoms with Crippen molar-refractivity contribution in [3.05, 3.63) is 66.2 Å². The number of ether oxygens (including phenoxy) is 1. The average molecular weight is 442 g/mol. The maximum Gasteiger partial charge on any atom is 0.251 e. The van der Waals surface area contributed by atoms with Gasteiger partial charge in [0.25, 0.3) is 5.91 Å². The van der Waals surface area contributed by atoms with Gasteiger partial charge in [0.1, 0.15) is 0 Å². The molecular formula is C21H23N5O4S. The molecule has 1 N–H and O–H groups in total. The second-order valence-corrected chi connectivity index (χ2v) is 9.15. The van der Waals surface area contributed by atoms with Crippen LogP contribution in [0.15, 0.2) is 60.0 Å². The van der Waals surface area contributed by atoms with Crippen LogP contribution in [-0.4, -0.2) is 59.7 Å². The van der Waals surface area contributed by atoms with Crippen LogP contribution in [0.3, 0.4) is 0 Å². The molecule has 31 heavy (non-hydrogen) atoms. The molecule has 1 aromatic carbocycles. The third kappa shape index (κ3) is 4.82. The Bertz CT molecular complexity index is 1170. The van der Waals surface area contributed by atoms with Crippen molar-refractivity contribution in [3.8, 4) is 11.1 Å². The van der Waals surface area contributed by atoms with Gasteiger partial charge in [-0.2, -0.15) is 9.40 Å². The van der Waals surface area contributed by atoms with Crippen molar-refractivity contribution in [1.82, 2.24) is 24.4 Å². The number of aryl methyl sites for hydroxylation is 1. The Morgan fingerprint density at radius 2 is 1.84 bits per heavy atom. The SMILES string of the molecule is Cn1cc(-c2cncc(CNC(=O)c3ccc(S(=O)(=O)N4CCOCC4)cc3)c2)cn1. The van der Waals surface area contributed by atoms with Crippen LogP contribution >= 0.6 is 0 Å². The molecule has 10 heteroatoms. The Balaban J connectivity index is 1.40. The number of carbonyl (C=O) groups excluding carboxylic acids is 1. The number of amides is 1. The maximum absolute atomic E-state index is 12.7. The summed E-state index contributed by atoms with van der Waals surface area (Å²) in [7, 11) is -1.74. The van der Waals surface area contributed by atoms with E-state index in [1.165, 1.54) is 28.6 Å². The number of benzene rings is 1. The van der Waals surface area contributed by atoms with E-state index >= 15 is 0 Å². The van der Waals surface area contributed by atoms with Gasteiger partial charge in [-0.15, -0.1) is 0 Å². The number of nitrogens with zero attached hydrogens (tertiary/aromatic N) is 4. The molecule has 1 amide bonds. The second-order valence-electron chi connectivity index (χ2n) is 7.21. The summed E-state index contributed by atoms with van der Waals surface area (Å²) in [6.07, 6.45) is 7.09. The van der Waals surface area contributed by atoms with E-state index in [4.69, 9.17) is 4.74 Å². The van der Waals surface area contributed by atoms with Crippen LogP contribution in [0.2, 0.25) is 0 Å². The molecule has 0 radical (unpaired) electrons. The third-order valence-electron chi connectivity index (χ3n) is 5.01. The molecule has 0 aliphatic carbocycles. The van der Waals surface area contributed by atoms with Crippen molar-refractivity contribution < 1.29 is 17.9 Å². The molecule has 1 aliphatic rings. The van der Waals surface area contributed by atoms with E-state index in [-0.39, 0.29) is 10.8 Å². The number of hydrogen-bond acceptors (Lipinski definition) is 6. The molecule has 0 bridgehead atoms. The zero-order valence-corrected chi connectivity index (χ0v) is 17.9. The van der Waals surface area contributed by atoms with Crippen molar-refractivity contribution in [3.63, 3.8) is 0 Å². The first-order chi connectivity index (χ1) is 14.9. The van der Waals surface area contributed by atoms with E-state index in [1.54, 1.807) is 23.3 Å². The number of nitrogens with one attached hydrogen (secondary N) is 1. The molecule has 1 aliphatic heterocycles. The molecule has 2 aromatic heterocycles. The fraction of sp³-hybridized carbons (Fsp3) is 0.286. The fourth-order valence-electron chi connectivity index (χ4n) is 3.31. The minimum atomic E-state index is -3.58. The van der Waals surface area contributed by atoms with Crippen molar-refractivity contribution in [2.45, 2.75) is 11.4 Å². The van der Waals surface area contributed by atoms with E-state index in [0.717, 1.165) is 16.7 Å². The van der Waals surface area contributed by atoms with Gasteiger partial charge < -0.3 is 10.1 Å². The largest absolute Gasteiger partial charge is 0.379 e. The number of sulfonamides is 1. The number of aromatic nitrogens is 3. The highest BCUT2D eigenvalue weighted by atomic mass is 32.2. The first kappa shape index (κ1) is 21.2. The van der Waals surface area contributed by atoms with Gasteiger partial charge in [0.05, 0.1) is 24.3 Å². The highest BCUT2D eigenvalue weighted by Gasteiger charge is 2.26. The van der Waals surface area contributed by atoms with Gasteiger partial charge in [0, 0.05) is 62.0 Å². The first-order valence-corrected chi connectivity index (χ1v) is 11.3. The lowest BCUT2D eigenvalue weighted by atomic mass is 10.1. The standard InChI is InChI=1S/C21H23N5O4S/c1-25-15-19(14-24-25)18-10-16(11-22-13-18)12-23-21(27)17-2-4-20(5-3-17)31(28,29)26-6-8-30-9-7-26/h2-5,10-11,13-15H,6-9,12H2,1H3,(H,23,27). The van der Waals surface area contributed by atoms with Crippen LogP contribution in [0.4, 0.5) is 0 Å². The summed E-state index contributed by atoms with van der Waals surface area (Å²) >= 11 is 0. The molecule has 1 fully saturated rings. The minimum Gasteiger partial charge on any atom is -0.379 e. The lowest BCUT2D eigenvalue weighted by Gasteiger charge is -2.26. The summed E-state index contributed by atoms with van der Waals surface area (Å²) in [5.41, 5.74) is 3.09. The Morgan fingerprint density at radius 3 is 2.52 bits per heavy atom. The third-order valence-corrected chi connectivity index (χ3v) is 6.92. The molecule has 9 nitrogen and oxygen atoms in total. The number of carbonyl (C=O) groups is 1. The van der Waals surface area contributed by atoms with Gasteiger partial charge in [-0.1, -0.05) is 0 Å². The van der Waals surface area contributed by atoms with E-state index in [2.05, 4.69) is 15.4 Å². The summed E-state index contributed by atoms with van der Waals surface area (Å²) in [5.74, 6) is -0.290. The predicted octanol–water partition coefficient (Wildman–Crippen LogP) is 1.43. The van der Waals surface area contributed by atoms with Crippen LogP contribution < -0.4 is 5.32 Å². The predicted molar refractivity (Wildman–Crippen MR) is 114 cm³/mol. The highest BCUT2D eigenvalue weighted by Crippen LogP contribution is 2.19. The lowest BCUT2D eigenvalue weighted by molar-refractivity contribution is 0.0730. The zero-order valence-electron chi connectivity index (χ0n) is 17.1. The summed E-state index contributed by atoms with van der Waals surface area (Å²) < 4.78 is 33.7. The van der Waals surface area contributed by atoms with Crippen molar-refractivity contribution >= 4 is 15.9 Å². The summed E-state index contributed by atoms with van der Waals surface area (Å²) in [6, 6.07) is 7.91. The van der Waals surface area contributed by atoms with Crippen LogP contribution in [-0.2, 0) is 28.4 Å². The normalized spacial score (nSPS) is 15.0. The Kier molecular flexibility index (Phi) is 6.12. The Morgan fingerprint density at radius 1 is 1.10 bits per heavy atom. The smallest absolute Gasteiger partial charge is 0.251 e. The zero-order chi connectivity index (χ0) is 21.8. The summed E-state index contributed by atoms with van der Waals surface area (Å²) in [4.78, 5) is 16.9. The second kappa shape index (κ2) is 8.96. The number of hydrogen-bond donors (Lipinski definition) is 1. The van der Waals surface area contributed by atoms with E-state index in [9.17, 15) is 13.2 Å². The molecule has 162 valence electrons. The van der Waals surface area contributed by atoms with Gasteiger partial charge in [-0.25, -0.2) is 8.42 Å². The number of morpholine rings is 1. The maximum atomic E-state index is 12.7. The summed E-state index contributed by atoms with van der Waals surface area (Å²) in [6.45, 7) is 1.73. The topological polar surface area (TPSA) is 106 Å². The van der Waals surface area contributed by atoms with Gasteiger partial charge in [-0.3, -0.25) is 14.5 Å². The molecule has 1 saturated heterocycles.